The Morgan fingerprint density at radius 1 is 1.25 bits per heavy atom. The number of nitrogens with one attached hydrogen (secondary N) is 1. The van der Waals surface area contributed by atoms with Gasteiger partial charge in [-0.25, -0.2) is 10.4 Å². The Labute approximate surface area is 127 Å². The molecular formula is C13H21BrN2O4. The number of carbonyl (C=O) groups is 2. The maximum atomic E-state index is 12.2. The molecule has 1 N–H and O–H groups in total. The highest BCUT2D eigenvalue weighted by Crippen LogP contribution is 2.31. The normalized spacial score (nSPS) is 34.8. The number of alkyl halides is 1. The molecule has 114 valence electrons. The van der Waals surface area contributed by atoms with Gasteiger partial charge in [0.1, 0.15) is 6.04 Å². The molecule has 1 saturated heterocycles. The number of halogens is 1. The highest BCUT2D eigenvalue weighted by molar-refractivity contribution is 9.09. The van der Waals surface area contributed by atoms with Crippen molar-refractivity contribution >= 4 is 27.9 Å². The first-order chi connectivity index (χ1) is 9.52. The van der Waals surface area contributed by atoms with Crippen molar-refractivity contribution in [3.8, 4) is 0 Å². The summed E-state index contributed by atoms with van der Waals surface area (Å²) in [7, 11) is 3.11. The van der Waals surface area contributed by atoms with Crippen molar-refractivity contribution in [2.24, 2.45) is 5.92 Å². The van der Waals surface area contributed by atoms with Crippen LogP contribution in [0.1, 0.15) is 32.1 Å². The van der Waals surface area contributed by atoms with E-state index in [-0.39, 0.29) is 22.7 Å². The number of hydrogen-bond donors (Lipinski definition) is 1. The Bertz CT molecular complexity index is 379. The molecule has 1 heterocycles. The zero-order chi connectivity index (χ0) is 14.7. The summed E-state index contributed by atoms with van der Waals surface area (Å²) < 4.78 is 10.2. The first kappa shape index (κ1) is 15.7. The van der Waals surface area contributed by atoms with Crippen LogP contribution < -0.4 is 5.43 Å². The van der Waals surface area contributed by atoms with Crippen LogP contribution in [0.3, 0.4) is 0 Å². The first-order valence-electron chi connectivity index (χ1n) is 6.94. The number of hydrogen-bond acceptors (Lipinski definition) is 6. The molecule has 6 nitrogen and oxygen atoms in total. The Balaban J connectivity index is 1.89. The van der Waals surface area contributed by atoms with Gasteiger partial charge in [0.25, 0.3) is 0 Å². The van der Waals surface area contributed by atoms with E-state index in [1.165, 1.54) is 7.11 Å². The van der Waals surface area contributed by atoms with Crippen LogP contribution in [0.15, 0.2) is 0 Å². The Hall–Kier alpha value is -0.660. The fraction of sp³-hybridized carbons (Fsp3) is 0.846. The Morgan fingerprint density at radius 3 is 2.60 bits per heavy atom. The second kappa shape index (κ2) is 6.87. The molecule has 4 atom stereocenters. The fourth-order valence-corrected chi connectivity index (χ4v) is 3.54. The zero-order valence-electron chi connectivity index (χ0n) is 11.8. The number of nitrogens with zero attached hydrogens (tertiary/aromatic N) is 1. The van der Waals surface area contributed by atoms with E-state index in [1.807, 2.05) is 0 Å². The highest BCUT2D eigenvalue weighted by atomic mass is 79.9. The van der Waals surface area contributed by atoms with Crippen LogP contribution >= 0.6 is 15.9 Å². The molecule has 2 rings (SSSR count). The van der Waals surface area contributed by atoms with Gasteiger partial charge in [0.05, 0.1) is 13.0 Å². The van der Waals surface area contributed by atoms with Crippen molar-refractivity contribution in [2.45, 2.75) is 49.2 Å². The number of carbonyl (C=O) groups excluding carboxylic acids is 2. The topological polar surface area (TPSA) is 67.9 Å². The molecule has 2 fully saturated rings. The Kier molecular flexibility index (Phi) is 5.40. The van der Waals surface area contributed by atoms with Crippen molar-refractivity contribution in [1.82, 2.24) is 10.4 Å². The van der Waals surface area contributed by atoms with Gasteiger partial charge in [-0.3, -0.25) is 9.59 Å². The molecule has 7 heteroatoms. The average molecular weight is 349 g/mol. The summed E-state index contributed by atoms with van der Waals surface area (Å²) in [6.45, 7) is 0. The molecule has 4 unspecified atom stereocenters. The Morgan fingerprint density at radius 2 is 1.95 bits per heavy atom. The molecule has 2 aliphatic rings. The van der Waals surface area contributed by atoms with Gasteiger partial charge in [0.15, 0.2) is 6.23 Å². The predicted octanol–water partition coefficient (Wildman–Crippen LogP) is 1.19. The van der Waals surface area contributed by atoms with E-state index >= 15 is 0 Å². The quantitative estimate of drug-likeness (QED) is 0.610. The van der Waals surface area contributed by atoms with Crippen LogP contribution in [0.5, 0.6) is 0 Å². The largest absolute Gasteiger partial charge is 0.468 e. The summed E-state index contributed by atoms with van der Waals surface area (Å²) in [5.74, 6) is -0.614. The molecule has 20 heavy (non-hydrogen) atoms. The van der Waals surface area contributed by atoms with E-state index in [9.17, 15) is 9.59 Å². The van der Waals surface area contributed by atoms with Crippen LogP contribution in [0.4, 0.5) is 0 Å². The van der Waals surface area contributed by atoms with E-state index in [0.717, 1.165) is 25.7 Å². The standard InChI is InChI=1S/C13H21BrN2O4/c1-16-11(7-10(15-16)13(18)19-2)20-12(17)8-5-3-4-6-9(8)14/h8-11,15H,3-7H2,1-2H3. The van der Waals surface area contributed by atoms with Crippen molar-refractivity contribution in [1.29, 1.82) is 0 Å². The van der Waals surface area contributed by atoms with Gasteiger partial charge in [-0.2, -0.15) is 0 Å². The molecular weight excluding hydrogens is 328 g/mol. The van der Waals surface area contributed by atoms with Crippen molar-refractivity contribution in [2.75, 3.05) is 14.2 Å². The van der Waals surface area contributed by atoms with E-state index in [0.29, 0.717) is 6.42 Å². The molecule has 0 bridgehead atoms. The summed E-state index contributed by atoms with van der Waals surface area (Å²) in [6.07, 6.45) is 4.06. The lowest BCUT2D eigenvalue weighted by atomic mass is 9.89. The van der Waals surface area contributed by atoms with Crippen molar-refractivity contribution < 1.29 is 19.1 Å². The SMILES string of the molecule is COC(=O)C1CC(OC(=O)C2CCCCC2Br)N(C)N1. The maximum Gasteiger partial charge on any atom is 0.324 e. The molecule has 1 aliphatic carbocycles. The number of ether oxygens (including phenoxy) is 2. The van der Waals surface area contributed by atoms with Gasteiger partial charge < -0.3 is 9.47 Å². The number of esters is 2. The minimum atomic E-state index is -0.450. The van der Waals surface area contributed by atoms with Crippen LogP contribution in [0, 0.1) is 5.92 Å². The molecule has 0 amide bonds. The highest BCUT2D eigenvalue weighted by Gasteiger charge is 2.39. The summed E-state index contributed by atoms with van der Waals surface area (Å²) in [5, 5.41) is 1.66. The van der Waals surface area contributed by atoms with Crippen LogP contribution in [-0.2, 0) is 19.1 Å². The minimum absolute atomic E-state index is 0.0886. The van der Waals surface area contributed by atoms with Gasteiger partial charge in [-0.15, -0.1) is 0 Å². The van der Waals surface area contributed by atoms with E-state index < -0.39 is 12.3 Å². The van der Waals surface area contributed by atoms with Crippen LogP contribution in [-0.4, -0.2) is 48.2 Å². The van der Waals surface area contributed by atoms with E-state index in [4.69, 9.17) is 9.47 Å². The van der Waals surface area contributed by atoms with E-state index in [1.54, 1.807) is 12.1 Å². The third kappa shape index (κ3) is 3.51. The fourth-order valence-electron chi connectivity index (χ4n) is 2.73. The summed E-state index contributed by atoms with van der Waals surface area (Å²) >= 11 is 3.56. The van der Waals surface area contributed by atoms with Gasteiger partial charge in [0, 0.05) is 18.3 Å². The van der Waals surface area contributed by atoms with Crippen molar-refractivity contribution in [3.05, 3.63) is 0 Å². The first-order valence-corrected chi connectivity index (χ1v) is 7.86. The van der Waals surface area contributed by atoms with Gasteiger partial charge in [0.2, 0.25) is 0 Å². The molecule has 0 aromatic heterocycles. The number of hydrazine groups is 1. The smallest absolute Gasteiger partial charge is 0.324 e. The lowest BCUT2D eigenvalue weighted by molar-refractivity contribution is -0.162. The number of rotatable bonds is 3. The van der Waals surface area contributed by atoms with Gasteiger partial charge in [-0.05, 0) is 12.8 Å². The van der Waals surface area contributed by atoms with Crippen LogP contribution in [0.2, 0.25) is 0 Å². The van der Waals surface area contributed by atoms with Gasteiger partial charge in [-0.1, -0.05) is 28.8 Å². The molecule has 1 aliphatic heterocycles. The van der Waals surface area contributed by atoms with Crippen molar-refractivity contribution in [3.63, 3.8) is 0 Å². The monoisotopic (exact) mass is 348 g/mol. The summed E-state index contributed by atoms with van der Waals surface area (Å²) in [5.41, 5.74) is 2.94. The summed E-state index contributed by atoms with van der Waals surface area (Å²) in [4.78, 5) is 23.9. The molecule has 0 aromatic rings. The third-order valence-corrected chi connectivity index (χ3v) is 5.05. The van der Waals surface area contributed by atoms with Gasteiger partial charge >= 0.3 is 11.9 Å². The zero-order valence-corrected chi connectivity index (χ0v) is 13.4. The third-order valence-electron chi connectivity index (χ3n) is 3.95. The van der Waals surface area contributed by atoms with E-state index in [2.05, 4.69) is 21.4 Å². The second-order valence-corrected chi connectivity index (χ2v) is 6.53. The average Bonchev–Trinajstić information content (AvgIpc) is 2.79. The molecule has 0 radical (unpaired) electrons. The lowest BCUT2D eigenvalue weighted by Gasteiger charge is -2.28. The maximum absolute atomic E-state index is 12.2. The molecule has 0 aromatic carbocycles. The lowest BCUT2D eigenvalue weighted by Crippen LogP contribution is -2.41. The van der Waals surface area contributed by atoms with Crippen LogP contribution in [0.25, 0.3) is 0 Å². The summed E-state index contributed by atoms with van der Waals surface area (Å²) in [6, 6.07) is -0.450. The minimum Gasteiger partial charge on any atom is -0.468 e. The number of methoxy groups -OCH3 is 1. The second-order valence-electron chi connectivity index (χ2n) is 5.35. The molecule has 0 spiro atoms. The predicted molar refractivity (Wildman–Crippen MR) is 75.9 cm³/mol. The molecule has 1 saturated carbocycles.